The SMILES string of the molecule is C.C.C.C.C.CC(C)=O.COC(=O)OC.CS(C)(=O)=O.CS(C)=O. The smallest absolute Gasteiger partial charge is 0.438 e. The van der Waals surface area contributed by atoms with E-state index in [1.165, 1.54) is 28.1 Å². The molecule has 0 aromatic heterocycles. The zero-order chi connectivity index (χ0) is 16.6. The van der Waals surface area contributed by atoms with Gasteiger partial charge in [-0.1, -0.05) is 37.1 Å². The van der Waals surface area contributed by atoms with E-state index in [9.17, 15) is 22.2 Å². The molecule has 7 nitrogen and oxygen atoms in total. The molecule has 0 heterocycles. The molecule has 0 unspecified atom stereocenters. The number of ether oxygens (including phenoxy) is 2. The molecule has 0 amide bonds. The van der Waals surface area contributed by atoms with Crippen LogP contribution < -0.4 is 0 Å². The predicted molar refractivity (Wildman–Crippen MR) is 110 cm³/mol. The lowest BCUT2D eigenvalue weighted by Gasteiger charge is -1.89. The summed E-state index contributed by atoms with van der Waals surface area (Å²) in [5.74, 6) is 0.167. The van der Waals surface area contributed by atoms with Crippen LogP contribution in [0, 0.1) is 0 Å². The van der Waals surface area contributed by atoms with Gasteiger partial charge in [0, 0.05) is 35.8 Å². The van der Waals surface area contributed by atoms with Crippen LogP contribution in [-0.2, 0) is 34.9 Å². The van der Waals surface area contributed by atoms with Crippen molar-refractivity contribution >= 4 is 32.6 Å². The highest BCUT2D eigenvalue weighted by Gasteiger charge is 1.88. The van der Waals surface area contributed by atoms with Gasteiger partial charge in [-0.25, -0.2) is 13.2 Å². The minimum absolute atomic E-state index is 0. The van der Waals surface area contributed by atoms with Crippen molar-refractivity contribution < 1.29 is 31.7 Å². The van der Waals surface area contributed by atoms with Crippen LogP contribution in [0.25, 0.3) is 0 Å². The summed E-state index contributed by atoms with van der Waals surface area (Å²) in [6, 6.07) is 0. The Hall–Kier alpha value is -0.960. The van der Waals surface area contributed by atoms with Gasteiger partial charge < -0.3 is 14.3 Å². The van der Waals surface area contributed by atoms with Gasteiger partial charge >= 0.3 is 6.16 Å². The number of carbonyl (C=O) groups is 2. The Labute approximate surface area is 154 Å². The van der Waals surface area contributed by atoms with Crippen molar-refractivity contribution in [3.05, 3.63) is 0 Å². The Kier molecular flexibility index (Phi) is 89.7. The standard InChI is InChI=1S/C3H6O3.C3H6O.C2H6O2S.C2H6OS.5CH4/c1-5-3(4)6-2;1-3(2)4;1-5(2,3)4;1-4(2)3;;;;;/h1-2H3;1-2H3;1-2H3;1-2H3;5*1H4. The third-order valence-electron chi connectivity index (χ3n) is 0.333. The highest BCUT2D eigenvalue weighted by atomic mass is 32.2. The minimum Gasteiger partial charge on any atom is -0.438 e. The predicted octanol–water partition coefficient (Wildman–Crippen LogP) is 3.83. The van der Waals surface area contributed by atoms with Gasteiger partial charge in [0.05, 0.1) is 14.2 Å². The average molecular weight is 401 g/mol. The summed E-state index contributed by atoms with van der Waals surface area (Å²) in [4.78, 5) is 19.2. The van der Waals surface area contributed by atoms with E-state index < -0.39 is 26.8 Å². The molecular formula is C15H44O7S2. The van der Waals surface area contributed by atoms with Crippen molar-refractivity contribution in [2.45, 2.75) is 51.0 Å². The molecule has 0 aliphatic heterocycles. The summed E-state index contributed by atoms with van der Waals surface area (Å²) in [5, 5.41) is 0. The second-order valence-corrected chi connectivity index (χ2v) is 7.22. The Morgan fingerprint density at radius 2 is 0.875 bits per heavy atom. The van der Waals surface area contributed by atoms with E-state index in [2.05, 4.69) is 9.47 Å². The number of hydrogen-bond donors (Lipinski definition) is 0. The minimum atomic E-state index is -2.67. The second kappa shape index (κ2) is 37.9. The molecule has 9 heteroatoms. The van der Waals surface area contributed by atoms with Crippen molar-refractivity contribution in [3.63, 3.8) is 0 Å². The monoisotopic (exact) mass is 400 g/mol. The molecule has 0 aliphatic rings. The molecule has 0 radical (unpaired) electrons. The van der Waals surface area contributed by atoms with Crippen molar-refractivity contribution in [2.24, 2.45) is 0 Å². The normalized spacial score (nSPS) is 6.71. The summed E-state index contributed by atoms with van der Waals surface area (Å²) in [6.45, 7) is 3.06. The van der Waals surface area contributed by atoms with Gasteiger partial charge in [0.1, 0.15) is 15.6 Å². The summed E-state index contributed by atoms with van der Waals surface area (Å²) < 4.78 is 36.9. The van der Waals surface area contributed by atoms with Gasteiger partial charge in [-0.05, 0) is 13.8 Å². The number of Topliss-reactive ketones (excluding diaryl/α,β-unsaturated/α-hetero) is 1. The molecule has 24 heavy (non-hydrogen) atoms. The summed E-state index contributed by atoms with van der Waals surface area (Å²) >= 11 is 0. The number of hydrogen-bond acceptors (Lipinski definition) is 7. The van der Waals surface area contributed by atoms with Crippen molar-refractivity contribution in [3.8, 4) is 0 Å². The van der Waals surface area contributed by atoms with E-state index in [0.717, 1.165) is 12.5 Å². The molecule has 0 fully saturated rings. The molecule has 0 aliphatic carbocycles. The third-order valence-corrected chi connectivity index (χ3v) is 0.333. The molecule has 0 aromatic rings. The van der Waals surface area contributed by atoms with Crippen LogP contribution in [0.15, 0.2) is 0 Å². The van der Waals surface area contributed by atoms with Gasteiger partial charge in [-0.3, -0.25) is 4.21 Å². The van der Waals surface area contributed by atoms with Crippen LogP contribution in [0.1, 0.15) is 51.0 Å². The zero-order valence-corrected chi connectivity index (χ0v) is 14.3. The Morgan fingerprint density at radius 3 is 0.875 bits per heavy atom. The van der Waals surface area contributed by atoms with Crippen LogP contribution in [0.5, 0.6) is 0 Å². The van der Waals surface area contributed by atoms with Crippen LogP contribution in [0.4, 0.5) is 4.79 Å². The van der Waals surface area contributed by atoms with Crippen LogP contribution >= 0.6 is 0 Å². The molecule has 0 saturated heterocycles. The fraction of sp³-hybridized carbons (Fsp3) is 0.867. The number of ketones is 1. The lowest BCUT2D eigenvalue weighted by molar-refractivity contribution is -0.115. The van der Waals surface area contributed by atoms with Crippen molar-refractivity contribution in [2.75, 3.05) is 39.2 Å². The number of rotatable bonds is 0. The first kappa shape index (κ1) is 56.8. The molecule has 0 atom stereocenters. The molecule has 0 rings (SSSR count). The average Bonchev–Trinajstić information content (AvgIpc) is 2.12. The summed E-state index contributed by atoms with van der Waals surface area (Å²) in [7, 11) is -0.766. The van der Waals surface area contributed by atoms with Gasteiger partial charge in [0.2, 0.25) is 0 Å². The van der Waals surface area contributed by atoms with E-state index >= 15 is 0 Å². The molecule has 0 N–H and O–H groups in total. The first-order valence-electron chi connectivity index (χ1n) is 4.77. The maximum absolute atomic E-state index is 9.74. The first-order valence-corrected chi connectivity index (χ1v) is 9.03. The Balaban J connectivity index is -0.0000000169. The quantitative estimate of drug-likeness (QED) is 0.569. The van der Waals surface area contributed by atoms with E-state index in [1.807, 2.05) is 0 Å². The molecular weight excluding hydrogens is 356 g/mol. The fourth-order valence-electron chi connectivity index (χ4n) is 0.0833. The zero-order valence-electron chi connectivity index (χ0n) is 12.7. The molecule has 158 valence electrons. The van der Waals surface area contributed by atoms with E-state index in [-0.39, 0.29) is 42.9 Å². The summed E-state index contributed by atoms with van der Waals surface area (Å²) in [5.41, 5.74) is 0. The highest BCUT2D eigenvalue weighted by molar-refractivity contribution is 7.89. The van der Waals surface area contributed by atoms with E-state index in [4.69, 9.17) is 0 Å². The molecule has 0 saturated carbocycles. The van der Waals surface area contributed by atoms with Gasteiger partial charge in [-0.2, -0.15) is 0 Å². The topological polar surface area (TPSA) is 104 Å². The number of carbonyl (C=O) groups excluding carboxylic acids is 2. The Bertz CT molecular complexity index is 317. The first-order chi connectivity index (χ1) is 8.27. The largest absolute Gasteiger partial charge is 0.507 e. The lowest BCUT2D eigenvalue weighted by atomic mass is 10.6. The van der Waals surface area contributed by atoms with Crippen LogP contribution in [-0.4, -0.2) is 63.8 Å². The van der Waals surface area contributed by atoms with E-state index in [1.54, 1.807) is 12.5 Å². The molecule has 0 spiro atoms. The van der Waals surface area contributed by atoms with Gasteiger partial charge in [0.25, 0.3) is 0 Å². The van der Waals surface area contributed by atoms with Crippen molar-refractivity contribution in [1.82, 2.24) is 0 Å². The molecule has 0 bridgehead atoms. The fourth-order valence-corrected chi connectivity index (χ4v) is 0.0833. The number of methoxy groups -OCH3 is 2. The second-order valence-electron chi connectivity index (χ2n) is 3.45. The molecule has 0 aromatic carbocycles. The maximum Gasteiger partial charge on any atom is 0.507 e. The number of sulfone groups is 1. The van der Waals surface area contributed by atoms with Gasteiger partial charge in [0.15, 0.2) is 0 Å². The van der Waals surface area contributed by atoms with Crippen LogP contribution in [0.2, 0.25) is 0 Å². The van der Waals surface area contributed by atoms with Gasteiger partial charge in [-0.15, -0.1) is 0 Å². The summed E-state index contributed by atoms with van der Waals surface area (Å²) in [6.07, 6.45) is 4.94. The Morgan fingerprint density at radius 1 is 0.792 bits per heavy atom. The van der Waals surface area contributed by atoms with Crippen molar-refractivity contribution in [1.29, 1.82) is 0 Å². The highest BCUT2D eigenvalue weighted by Crippen LogP contribution is 1.72. The lowest BCUT2D eigenvalue weighted by Crippen LogP contribution is -1.97. The maximum atomic E-state index is 9.74. The third kappa shape index (κ3) is 914. The van der Waals surface area contributed by atoms with Crippen LogP contribution in [0.3, 0.4) is 0 Å². The van der Waals surface area contributed by atoms with E-state index in [0.29, 0.717) is 0 Å².